The van der Waals surface area contributed by atoms with Gasteiger partial charge in [0.05, 0.1) is 24.1 Å². The molecule has 0 aliphatic carbocycles. The lowest BCUT2D eigenvalue weighted by Crippen LogP contribution is -2.47. The number of urea groups is 1. The smallest absolute Gasteiger partial charge is 0.319 e. The maximum atomic E-state index is 12.3. The van der Waals surface area contributed by atoms with E-state index in [2.05, 4.69) is 10.6 Å². The molecule has 0 spiro atoms. The number of amides is 5. The molecule has 0 unspecified atom stereocenters. The number of imide groups is 1. The largest absolute Gasteiger partial charge is 0.472 e. The number of anilines is 1. The third kappa shape index (κ3) is 5.08. The quantitative estimate of drug-likeness (QED) is 0.736. The Kier molecular flexibility index (Phi) is 6.26. The second-order valence-corrected chi connectivity index (χ2v) is 8.33. The Bertz CT molecular complexity index is 952. The summed E-state index contributed by atoms with van der Waals surface area (Å²) in [6.45, 7) is 1.36. The van der Waals surface area contributed by atoms with Gasteiger partial charge in [-0.05, 0) is 36.6 Å². The van der Waals surface area contributed by atoms with E-state index in [9.17, 15) is 19.2 Å². The Morgan fingerprint density at radius 3 is 2.45 bits per heavy atom. The molecule has 10 heteroatoms. The van der Waals surface area contributed by atoms with Crippen molar-refractivity contribution in [3.63, 3.8) is 0 Å². The van der Waals surface area contributed by atoms with Gasteiger partial charge in [0.25, 0.3) is 11.1 Å². The van der Waals surface area contributed by atoms with Crippen molar-refractivity contribution in [1.82, 2.24) is 15.1 Å². The standard InChI is InChI=1S/C21H22N4O5S/c26-18-13-31-21(29)25(18)11-14-1-3-16(4-2-14)22-20(28)23-17-5-8-24(9-6-17)19(27)15-7-10-30-12-15/h1-4,7,10,12,17H,5-6,8-9,11,13H2,(H2,22,23,28). The summed E-state index contributed by atoms with van der Waals surface area (Å²) in [6.07, 6.45) is 4.26. The van der Waals surface area contributed by atoms with Crippen LogP contribution < -0.4 is 10.6 Å². The van der Waals surface area contributed by atoms with E-state index in [1.54, 1.807) is 35.2 Å². The number of benzene rings is 1. The van der Waals surface area contributed by atoms with Crippen molar-refractivity contribution in [2.24, 2.45) is 0 Å². The van der Waals surface area contributed by atoms with Gasteiger partial charge in [-0.15, -0.1) is 0 Å². The number of nitrogens with one attached hydrogen (secondary N) is 2. The van der Waals surface area contributed by atoms with Crippen LogP contribution >= 0.6 is 11.8 Å². The SMILES string of the molecule is O=C(Nc1ccc(CN2C(=O)CSC2=O)cc1)NC1CCN(C(=O)c2ccoc2)CC1. The van der Waals surface area contributed by atoms with Gasteiger partial charge < -0.3 is 20.0 Å². The van der Waals surface area contributed by atoms with E-state index < -0.39 is 0 Å². The summed E-state index contributed by atoms with van der Waals surface area (Å²) in [4.78, 5) is 51.0. The van der Waals surface area contributed by atoms with Crippen LogP contribution in [0.2, 0.25) is 0 Å². The fourth-order valence-corrected chi connectivity index (χ4v) is 4.28. The van der Waals surface area contributed by atoms with Gasteiger partial charge in [0.15, 0.2) is 0 Å². The Hall–Kier alpha value is -3.27. The van der Waals surface area contributed by atoms with Crippen LogP contribution in [0.4, 0.5) is 15.3 Å². The average molecular weight is 442 g/mol. The van der Waals surface area contributed by atoms with Crippen LogP contribution in [-0.4, -0.2) is 57.8 Å². The highest BCUT2D eigenvalue weighted by Crippen LogP contribution is 2.22. The first-order valence-electron chi connectivity index (χ1n) is 9.94. The zero-order chi connectivity index (χ0) is 21.8. The van der Waals surface area contributed by atoms with Gasteiger partial charge >= 0.3 is 6.03 Å². The van der Waals surface area contributed by atoms with Crippen molar-refractivity contribution in [3.8, 4) is 0 Å². The number of piperidine rings is 1. The maximum absolute atomic E-state index is 12.3. The minimum atomic E-state index is -0.311. The number of carbonyl (C=O) groups excluding carboxylic acids is 4. The number of hydrogen-bond donors (Lipinski definition) is 2. The predicted octanol–water partition coefficient (Wildman–Crippen LogP) is 2.90. The number of nitrogens with zero attached hydrogens (tertiary/aromatic N) is 2. The van der Waals surface area contributed by atoms with Gasteiger partial charge in [0.2, 0.25) is 5.91 Å². The van der Waals surface area contributed by atoms with E-state index in [1.807, 2.05) is 0 Å². The predicted molar refractivity (Wildman–Crippen MR) is 115 cm³/mol. The molecule has 0 saturated carbocycles. The summed E-state index contributed by atoms with van der Waals surface area (Å²) in [7, 11) is 0. The maximum Gasteiger partial charge on any atom is 0.319 e. The summed E-state index contributed by atoms with van der Waals surface area (Å²) in [5, 5.41) is 5.50. The number of furan rings is 1. The molecule has 3 heterocycles. The van der Waals surface area contributed by atoms with Gasteiger partial charge in [-0.2, -0.15) is 0 Å². The Labute approximate surface area is 183 Å². The molecule has 2 N–H and O–H groups in total. The first-order valence-corrected chi connectivity index (χ1v) is 10.9. The number of rotatable bonds is 5. The van der Waals surface area contributed by atoms with Crippen LogP contribution in [0.5, 0.6) is 0 Å². The highest BCUT2D eigenvalue weighted by atomic mass is 32.2. The van der Waals surface area contributed by atoms with Gasteiger partial charge in [-0.1, -0.05) is 23.9 Å². The highest BCUT2D eigenvalue weighted by molar-refractivity contribution is 8.14. The summed E-state index contributed by atoms with van der Waals surface area (Å²) < 4.78 is 4.96. The van der Waals surface area contributed by atoms with Crippen molar-refractivity contribution >= 4 is 40.5 Å². The topological polar surface area (TPSA) is 112 Å². The molecule has 2 aliphatic heterocycles. The van der Waals surface area contributed by atoms with Gasteiger partial charge in [0.1, 0.15) is 6.26 Å². The normalized spacial score (nSPS) is 17.2. The summed E-state index contributed by atoms with van der Waals surface area (Å²) in [5.74, 6) is -0.0588. The van der Waals surface area contributed by atoms with Gasteiger partial charge in [-0.3, -0.25) is 19.3 Å². The lowest BCUT2D eigenvalue weighted by Gasteiger charge is -2.32. The summed E-state index contributed by atoms with van der Waals surface area (Å²) >= 11 is 1.01. The van der Waals surface area contributed by atoms with Crippen LogP contribution in [0.3, 0.4) is 0 Å². The minimum absolute atomic E-state index is 0.0163. The van der Waals surface area contributed by atoms with Gasteiger partial charge in [0, 0.05) is 24.8 Å². The average Bonchev–Trinajstić information content (AvgIpc) is 3.41. The molecular formula is C21H22N4O5S. The number of thioether (sulfide) groups is 1. The first kappa shape index (κ1) is 21.0. The molecule has 2 aliphatic rings. The fourth-order valence-electron chi connectivity index (χ4n) is 3.56. The molecule has 9 nitrogen and oxygen atoms in total. The monoisotopic (exact) mass is 442 g/mol. The Morgan fingerprint density at radius 2 is 1.84 bits per heavy atom. The highest BCUT2D eigenvalue weighted by Gasteiger charge is 2.29. The molecule has 162 valence electrons. The lowest BCUT2D eigenvalue weighted by molar-refractivity contribution is -0.125. The molecule has 31 heavy (non-hydrogen) atoms. The molecule has 1 aromatic heterocycles. The third-order valence-corrected chi connectivity index (χ3v) is 6.14. The van der Waals surface area contributed by atoms with Gasteiger partial charge in [-0.25, -0.2) is 4.79 Å². The van der Waals surface area contributed by atoms with Crippen molar-refractivity contribution in [3.05, 3.63) is 54.0 Å². The molecule has 0 radical (unpaired) electrons. The summed E-state index contributed by atoms with van der Waals surface area (Å²) in [6, 6.07) is 8.34. The van der Waals surface area contributed by atoms with Crippen LogP contribution in [0, 0.1) is 0 Å². The molecule has 5 amide bonds. The van der Waals surface area contributed by atoms with E-state index >= 15 is 0 Å². The number of likely N-dealkylation sites (tertiary alicyclic amines) is 1. The molecule has 2 saturated heterocycles. The second kappa shape index (κ2) is 9.25. The molecule has 1 aromatic carbocycles. The number of carbonyl (C=O) groups is 4. The molecule has 2 aromatic rings. The van der Waals surface area contributed by atoms with Crippen molar-refractivity contribution in [2.75, 3.05) is 24.2 Å². The molecule has 2 fully saturated rings. The van der Waals surface area contributed by atoms with E-state index in [4.69, 9.17) is 4.42 Å². The molecule has 4 rings (SSSR count). The first-order chi connectivity index (χ1) is 15.0. The van der Waals surface area contributed by atoms with Crippen LogP contribution in [0.1, 0.15) is 28.8 Å². The third-order valence-electron chi connectivity index (χ3n) is 5.28. The van der Waals surface area contributed by atoms with Crippen molar-refractivity contribution < 1.29 is 23.6 Å². The van der Waals surface area contributed by atoms with E-state index in [1.165, 1.54) is 17.4 Å². The van der Waals surface area contributed by atoms with Crippen LogP contribution in [0.25, 0.3) is 0 Å². The molecule has 0 atom stereocenters. The van der Waals surface area contributed by atoms with E-state index in [0.29, 0.717) is 37.2 Å². The number of hydrogen-bond acceptors (Lipinski definition) is 6. The fraction of sp³-hybridized carbons (Fsp3) is 0.333. The van der Waals surface area contributed by atoms with Crippen LogP contribution in [-0.2, 0) is 11.3 Å². The molecular weight excluding hydrogens is 420 g/mol. The summed E-state index contributed by atoms with van der Waals surface area (Å²) in [5.41, 5.74) is 1.96. The van der Waals surface area contributed by atoms with E-state index in [0.717, 1.165) is 17.3 Å². The van der Waals surface area contributed by atoms with E-state index in [-0.39, 0.29) is 41.4 Å². The van der Waals surface area contributed by atoms with Crippen molar-refractivity contribution in [1.29, 1.82) is 0 Å². The van der Waals surface area contributed by atoms with Crippen LogP contribution in [0.15, 0.2) is 47.3 Å². The molecule has 0 bridgehead atoms. The zero-order valence-corrected chi connectivity index (χ0v) is 17.5. The lowest BCUT2D eigenvalue weighted by atomic mass is 10.0. The van der Waals surface area contributed by atoms with Crippen molar-refractivity contribution in [2.45, 2.75) is 25.4 Å². The zero-order valence-electron chi connectivity index (χ0n) is 16.7. The minimum Gasteiger partial charge on any atom is -0.472 e. The Morgan fingerprint density at radius 1 is 1.10 bits per heavy atom. The Balaban J connectivity index is 1.22. The second-order valence-electron chi connectivity index (χ2n) is 7.41.